The molecule has 0 saturated heterocycles. The van der Waals surface area contributed by atoms with Crippen LogP contribution in [0, 0.1) is 0 Å². The predicted molar refractivity (Wildman–Crippen MR) is 53.5 cm³/mol. The van der Waals surface area contributed by atoms with Crippen molar-refractivity contribution < 1.29 is 9.53 Å². The van der Waals surface area contributed by atoms with Crippen molar-refractivity contribution in [2.24, 2.45) is 0 Å². The summed E-state index contributed by atoms with van der Waals surface area (Å²) in [4.78, 5) is 18.9. The van der Waals surface area contributed by atoms with Gasteiger partial charge < -0.3 is 9.64 Å². The zero-order chi connectivity index (χ0) is 10.1. The zero-order valence-electron chi connectivity index (χ0n) is 8.24. The standard InChI is InChI=1S/C9H12N2O2S/c1-11-4-3-7-6(5-11)10-8(14-7)9(12)13-2/h3-5H2,1-2H3. The van der Waals surface area contributed by atoms with E-state index in [0.717, 1.165) is 25.2 Å². The molecule has 0 amide bonds. The summed E-state index contributed by atoms with van der Waals surface area (Å²) in [7, 11) is 3.44. The number of carbonyl (C=O) groups is 1. The van der Waals surface area contributed by atoms with Crippen LogP contribution in [0.2, 0.25) is 0 Å². The first kappa shape index (κ1) is 9.61. The number of esters is 1. The summed E-state index contributed by atoms with van der Waals surface area (Å²) >= 11 is 1.46. The number of thiazole rings is 1. The maximum atomic E-state index is 11.2. The van der Waals surface area contributed by atoms with Crippen LogP contribution in [0.4, 0.5) is 0 Å². The molecule has 0 atom stereocenters. The van der Waals surface area contributed by atoms with Gasteiger partial charge in [-0.2, -0.15) is 0 Å². The molecule has 0 spiro atoms. The van der Waals surface area contributed by atoms with Crippen LogP contribution in [0.1, 0.15) is 20.4 Å². The molecule has 4 nitrogen and oxygen atoms in total. The molecule has 1 aliphatic rings. The Kier molecular flexibility index (Phi) is 2.52. The lowest BCUT2D eigenvalue weighted by Gasteiger charge is -2.20. The quantitative estimate of drug-likeness (QED) is 0.649. The van der Waals surface area contributed by atoms with E-state index in [0.29, 0.717) is 5.01 Å². The number of likely N-dealkylation sites (N-methyl/N-ethyl adjacent to an activating group) is 1. The summed E-state index contributed by atoms with van der Waals surface area (Å²) in [6.45, 7) is 1.87. The largest absolute Gasteiger partial charge is 0.464 e. The van der Waals surface area contributed by atoms with Crippen molar-refractivity contribution in [3.63, 3.8) is 0 Å². The van der Waals surface area contributed by atoms with Crippen LogP contribution >= 0.6 is 11.3 Å². The molecule has 14 heavy (non-hydrogen) atoms. The number of hydrogen-bond acceptors (Lipinski definition) is 5. The molecule has 5 heteroatoms. The number of hydrogen-bond donors (Lipinski definition) is 0. The molecule has 0 aliphatic carbocycles. The minimum atomic E-state index is -0.327. The fourth-order valence-corrected chi connectivity index (χ4v) is 2.48. The van der Waals surface area contributed by atoms with Gasteiger partial charge in [0.25, 0.3) is 0 Å². The molecule has 76 valence electrons. The first-order valence-electron chi connectivity index (χ1n) is 4.46. The van der Waals surface area contributed by atoms with E-state index >= 15 is 0 Å². The maximum Gasteiger partial charge on any atom is 0.367 e. The lowest BCUT2D eigenvalue weighted by atomic mass is 10.2. The number of rotatable bonds is 1. The lowest BCUT2D eigenvalue weighted by Crippen LogP contribution is -2.25. The van der Waals surface area contributed by atoms with Gasteiger partial charge in [0.2, 0.25) is 5.01 Å². The molecule has 2 rings (SSSR count). The van der Waals surface area contributed by atoms with Gasteiger partial charge in [0, 0.05) is 18.0 Å². The second kappa shape index (κ2) is 3.67. The summed E-state index contributed by atoms with van der Waals surface area (Å²) in [5.41, 5.74) is 1.03. The van der Waals surface area contributed by atoms with Crippen LogP contribution in [0.5, 0.6) is 0 Å². The Hall–Kier alpha value is -0.940. The Labute approximate surface area is 86.5 Å². The van der Waals surface area contributed by atoms with Crippen molar-refractivity contribution in [3.8, 4) is 0 Å². The third-order valence-corrected chi connectivity index (χ3v) is 3.42. The number of fused-ring (bicyclic) bond motifs is 1. The normalized spacial score (nSPS) is 16.4. The van der Waals surface area contributed by atoms with Gasteiger partial charge in [0.05, 0.1) is 12.8 Å². The topological polar surface area (TPSA) is 42.4 Å². The molecule has 1 aromatic heterocycles. The van der Waals surface area contributed by atoms with Gasteiger partial charge in [-0.05, 0) is 13.5 Å². The smallest absolute Gasteiger partial charge is 0.367 e. The first-order valence-corrected chi connectivity index (χ1v) is 5.28. The SMILES string of the molecule is COC(=O)c1nc2c(s1)CCN(C)C2. The number of methoxy groups -OCH3 is 1. The number of nitrogens with zero attached hydrogens (tertiary/aromatic N) is 2. The van der Waals surface area contributed by atoms with Crippen molar-refractivity contribution in [2.75, 3.05) is 20.7 Å². The Morgan fingerprint density at radius 3 is 3.14 bits per heavy atom. The van der Waals surface area contributed by atoms with E-state index in [-0.39, 0.29) is 5.97 Å². The summed E-state index contributed by atoms with van der Waals surface area (Å²) in [5.74, 6) is -0.327. The van der Waals surface area contributed by atoms with Crippen LogP contribution in [0.15, 0.2) is 0 Å². The Balaban J connectivity index is 2.27. The van der Waals surface area contributed by atoms with Gasteiger partial charge in [0.15, 0.2) is 0 Å². The molecule has 0 saturated carbocycles. The van der Waals surface area contributed by atoms with Crippen LogP contribution in [0.3, 0.4) is 0 Å². The average Bonchev–Trinajstić information content (AvgIpc) is 2.59. The zero-order valence-corrected chi connectivity index (χ0v) is 9.06. The highest BCUT2D eigenvalue weighted by Crippen LogP contribution is 2.24. The fourth-order valence-electron chi connectivity index (χ4n) is 1.50. The second-order valence-corrected chi connectivity index (χ2v) is 4.45. The summed E-state index contributed by atoms with van der Waals surface area (Å²) in [6, 6.07) is 0. The third-order valence-electron chi connectivity index (χ3n) is 2.28. The van der Waals surface area contributed by atoms with Crippen molar-refractivity contribution in [1.82, 2.24) is 9.88 Å². The van der Waals surface area contributed by atoms with E-state index in [9.17, 15) is 4.79 Å². The Morgan fingerprint density at radius 1 is 1.64 bits per heavy atom. The molecule has 0 radical (unpaired) electrons. The van der Waals surface area contributed by atoms with Crippen LogP contribution < -0.4 is 0 Å². The molecular weight excluding hydrogens is 200 g/mol. The summed E-state index contributed by atoms with van der Waals surface area (Å²) < 4.78 is 4.64. The third kappa shape index (κ3) is 1.65. The van der Waals surface area contributed by atoms with Gasteiger partial charge in [-0.15, -0.1) is 11.3 Å². The van der Waals surface area contributed by atoms with Crippen molar-refractivity contribution in [3.05, 3.63) is 15.6 Å². The fraction of sp³-hybridized carbons (Fsp3) is 0.556. The molecule has 1 aromatic rings. The highest BCUT2D eigenvalue weighted by atomic mass is 32.1. The van der Waals surface area contributed by atoms with Gasteiger partial charge in [-0.1, -0.05) is 0 Å². The predicted octanol–water partition coefficient (Wildman–Crippen LogP) is 0.918. The van der Waals surface area contributed by atoms with Gasteiger partial charge in [-0.3, -0.25) is 0 Å². The minimum Gasteiger partial charge on any atom is -0.464 e. The maximum absolute atomic E-state index is 11.2. The van der Waals surface area contributed by atoms with Crippen molar-refractivity contribution >= 4 is 17.3 Å². The van der Waals surface area contributed by atoms with E-state index in [1.165, 1.54) is 23.3 Å². The van der Waals surface area contributed by atoms with E-state index < -0.39 is 0 Å². The van der Waals surface area contributed by atoms with E-state index in [1.54, 1.807) is 0 Å². The van der Waals surface area contributed by atoms with E-state index in [2.05, 4.69) is 21.7 Å². The number of ether oxygens (including phenoxy) is 1. The molecule has 0 N–H and O–H groups in total. The first-order chi connectivity index (χ1) is 6.70. The van der Waals surface area contributed by atoms with Crippen LogP contribution in [-0.2, 0) is 17.7 Å². The Morgan fingerprint density at radius 2 is 2.43 bits per heavy atom. The molecule has 0 unspecified atom stereocenters. The molecule has 2 heterocycles. The molecule has 0 fully saturated rings. The van der Waals surface area contributed by atoms with E-state index in [4.69, 9.17) is 0 Å². The van der Waals surface area contributed by atoms with Gasteiger partial charge >= 0.3 is 5.97 Å². The second-order valence-electron chi connectivity index (χ2n) is 3.37. The summed E-state index contributed by atoms with van der Waals surface area (Å²) in [6.07, 6.45) is 0.987. The molecule has 0 bridgehead atoms. The molecule has 0 aromatic carbocycles. The highest BCUT2D eigenvalue weighted by molar-refractivity contribution is 7.13. The Bertz CT molecular complexity index is 362. The average molecular weight is 212 g/mol. The van der Waals surface area contributed by atoms with Crippen molar-refractivity contribution in [2.45, 2.75) is 13.0 Å². The monoisotopic (exact) mass is 212 g/mol. The highest BCUT2D eigenvalue weighted by Gasteiger charge is 2.21. The number of aromatic nitrogens is 1. The van der Waals surface area contributed by atoms with Crippen LogP contribution in [-0.4, -0.2) is 36.6 Å². The number of carbonyl (C=O) groups excluding carboxylic acids is 1. The van der Waals surface area contributed by atoms with Crippen LogP contribution in [0.25, 0.3) is 0 Å². The van der Waals surface area contributed by atoms with Gasteiger partial charge in [0.1, 0.15) is 0 Å². The lowest BCUT2D eigenvalue weighted by molar-refractivity contribution is 0.0600. The van der Waals surface area contributed by atoms with Crippen molar-refractivity contribution in [1.29, 1.82) is 0 Å². The minimum absolute atomic E-state index is 0.327. The molecular formula is C9H12N2O2S. The van der Waals surface area contributed by atoms with Gasteiger partial charge in [-0.25, -0.2) is 9.78 Å². The summed E-state index contributed by atoms with van der Waals surface area (Å²) in [5, 5.41) is 0.479. The molecule has 1 aliphatic heterocycles. The van der Waals surface area contributed by atoms with E-state index in [1.807, 2.05) is 0 Å².